The van der Waals surface area contributed by atoms with Gasteiger partial charge >= 0.3 is 0 Å². The lowest BCUT2D eigenvalue weighted by Crippen LogP contribution is -2.44. The van der Waals surface area contributed by atoms with Crippen molar-refractivity contribution in [1.82, 2.24) is 20.2 Å². The molecule has 1 unspecified atom stereocenters. The first-order chi connectivity index (χ1) is 17.4. The average molecular weight is 529 g/mol. The van der Waals surface area contributed by atoms with E-state index >= 15 is 0 Å². The number of amides is 1. The molecule has 0 spiro atoms. The number of carbonyl (C=O) groups excluding carboxylic acids is 1. The van der Waals surface area contributed by atoms with Gasteiger partial charge in [0, 0.05) is 51.6 Å². The Labute approximate surface area is 219 Å². The van der Waals surface area contributed by atoms with Crippen LogP contribution in [-0.2, 0) is 32.5 Å². The molecule has 10 nitrogen and oxygen atoms in total. The van der Waals surface area contributed by atoms with E-state index in [0.717, 1.165) is 41.9 Å². The Morgan fingerprint density at radius 3 is 2.49 bits per heavy atom. The van der Waals surface area contributed by atoms with Gasteiger partial charge in [-0.3, -0.25) is 20.0 Å². The van der Waals surface area contributed by atoms with Gasteiger partial charge in [-0.2, -0.15) is 5.10 Å². The number of hydrogen-bond acceptors (Lipinski definition) is 9. The number of sulfone groups is 1. The first-order valence-corrected chi connectivity index (χ1v) is 14.3. The Morgan fingerprint density at radius 1 is 1.22 bits per heavy atom. The number of rotatable bonds is 7. The Morgan fingerprint density at radius 2 is 1.92 bits per heavy atom. The summed E-state index contributed by atoms with van der Waals surface area (Å²) in [6, 6.07) is 7.08. The third kappa shape index (κ3) is 6.28. The highest BCUT2D eigenvalue weighted by Crippen LogP contribution is 2.31. The first kappa shape index (κ1) is 27.0. The van der Waals surface area contributed by atoms with Gasteiger partial charge in [0.15, 0.2) is 9.84 Å². The highest BCUT2D eigenvalue weighted by Gasteiger charge is 2.29. The minimum atomic E-state index is -3.32. The van der Waals surface area contributed by atoms with E-state index in [1.807, 2.05) is 25.1 Å². The van der Waals surface area contributed by atoms with E-state index in [0.29, 0.717) is 5.82 Å². The van der Waals surface area contributed by atoms with Crippen molar-refractivity contribution in [2.24, 2.45) is 5.10 Å². The number of hydrogen-bond donors (Lipinski definition) is 1. The third-order valence-corrected chi connectivity index (χ3v) is 7.81. The topological polar surface area (TPSA) is 107 Å². The van der Waals surface area contributed by atoms with Gasteiger partial charge < -0.3 is 9.64 Å². The smallest absolute Gasteiger partial charge is 0.225 e. The minimum Gasteiger partial charge on any atom is -0.373 e. The number of hydrazone groups is 1. The molecule has 0 saturated carbocycles. The lowest BCUT2D eigenvalue weighted by molar-refractivity contribution is -0.116. The van der Waals surface area contributed by atoms with E-state index in [9.17, 15) is 13.2 Å². The van der Waals surface area contributed by atoms with Crippen LogP contribution in [0, 0.1) is 6.92 Å². The zero-order valence-corrected chi connectivity index (χ0v) is 23.1. The van der Waals surface area contributed by atoms with E-state index in [4.69, 9.17) is 9.72 Å². The molecule has 2 aliphatic heterocycles. The maximum atomic E-state index is 12.9. The highest BCUT2D eigenvalue weighted by atomic mass is 32.2. The molecule has 1 N–H and O–H groups in total. The van der Waals surface area contributed by atoms with Crippen LogP contribution in [0.4, 0.5) is 5.82 Å². The Kier molecular flexibility index (Phi) is 7.86. The predicted molar refractivity (Wildman–Crippen MR) is 143 cm³/mol. The van der Waals surface area contributed by atoms with Gasteiger partial charge in [0.1, 0.15) is 18.3 Å². The van der Waals surface area contributed by atoms with Crippen molar-refractivity contribution < 1.29 is 17.9 Å². The summed E-state index contributed by atoms with van der Waals surface area (Å²) >= 11 is 0. The van der Waals surface area contributed by atoms with E-state index in [1.165, 1.54) is 13.2 Å². The van der Waals surface area contributed by atoms with Crippen LogP contribution in [0.25, 0.3) is 0 Å². The Balaban J connectivity index is 1.68. The van der Waals surface area contributed by atoms with E-state index in [2.05, 4.69) is 35.3 Å². The molecule has 1 aromatic carbocycles. The summed E-state index contributed by atoms with van der Waals surface area (Å²) in [5.41, 5.74) is 6.64. The molecule has 3 heterocycles. The van der Waals surface area contributed by atoms with Crippen molar-refractivity contribution in [3.63, 3.8) is 0 Å². The average Bonchev–Trinajstić information content (AvgIpc) is 3.22. The monoisotopic (exact) mass is 528 g/mol. The number of aromatic nitrogens is 1. The van der Waals surface area contributed by atoms with Gasteiger partial charge in [-0.05, 0) is 55.7 Å². The lowest BCUT2D eigenvalue weighted by Gasteiger charge is -2.35. The first-order valence-electron chi connectivity index (χ1n) is 12.4. The molecule has 4 rings (SSSR count). The van der Waals surface area contributed by atoms with Crippen LogP contribution >= 0.6 is 0 Å². The molecule has 1 saturated heterocycles. The number of pyridine rings is 1. The second-order valence-electron chi connectivity index (χ2n) is 10.1. The van der Waals surface area contributed by atoms with Crippen LogP contribution in [0.2, 0.25) is 0 Å². The standard InChI is InChI=1S/C26H36N6O4S/c1-17-9-23(37(6,34)35)8-7-22(17)15-32(20(4)33)25-24(26-29-28-16-30(26)5)10-21(11-27-25)14-31-12-18(2)36-19(3)13-31/h7-11,16,18-19,26,29H,12-15H2,1-6H3/t18-,19+,26?. The van der Waals surface area contributed by atoms with Crippen molar-refractivity contribution in [2.45, 2.75) is 64.1 Å². The summed E-state index contributed by atoms with van der Waals surface area (Å²) in [7, 11) is -1.40. The molecule has 2 aliphatic rings. The van der Waals surface area contributed by atoms with Crippen LogP contribution in [0.15, 0.2) is 40.5 Å². The van der Waals surface area contributed by atoms with Gasteiger partial charge in [-0.1, -0.05) is 6.07 Å². The number of anilines is 1. The maximum Gasteiger partial charge on any atom is 0.225 e. The molecule has 1 aromatic heterocycles. The minimum absolute atomic E-state index is 0.162. The summed E-state index contributed by atoms with van der Waals surface area (Å²) in [5, 5.41) is 4.20. The SMILES string of the molecule is CC(=O)N(Cc1ccc(S(C)(=O)=O)cc1C)c1ncc(CN2C[C@@H](C)O[C@@H](C)C2)cc1C1NN=CN1C. The highest BCUT2D eigenvalue weighted by molar-refractivity contribution is 7.90. The molecular weight excluding hydrogens is 492 g/mol. The molecule has 0 bridgehead atoms. The normalized spacial score (nSPS) is 22.2. The van der Waals surface area contributed by atoms with E-state index < -0.39 is 9.84 Å². The largest absolute Gasteiger partial charge is 0.373 e. The fourth-order valence-electron chi connectivity index (χ4n) is 4.93. The number of carbonyl (C=O) groups is 1. The lowest BCUT2D eigenvalue weighted by atomic mass is 10.1. The molecule has 11 heteroatoms. The van der Waals surface area contributed by atoms with Crippen molar-refractivity contribution in [1.29, 1.82) is 0 Å². The summed E-state index contributed by atoms with van der Waals surface area (Å²) in [6.07, 6.45) is 4.77. The van der Waals surface area contributed by atoms with E-state index in [1.54, 1.807) is 29.4 Å². The molecule has 0 aliphatic carbocycles. The predicted octanol–water partition coefficient (Wildman–Crippen LogP) is 2.43. The number of morpholine rings is 1. The van der Waals surface area contributed by atoms with Gasteiger partial charge in [-0.15, -0.1) is 0 Å². The number of nitrogens with zero attached hydrogens (tertiary/aromatic N) is 5. The molecular formula is C26H36N6O4S. The molecule has 2 aromatic rings. The summed E-state index contributed by atoms with van der Waals surface area (Å²) in [4.78, 5) is 23.9. The van der Waals surface area contributed by atoms with Crippen molar-refractivity contribution >= 4 is 27.9 Å². The van der Waals surface area contributed by atoms with Crippen molar-refractivity contribution in [3.05, 3.63) is 52.7 Å². The molecule has 1 fully saturated rings. The third-order valence-electron chi connectivity index (χ3n) is 6.70. The number of nitrogens with one attached hydrogen (secondary N) is 1. The summed E-state index contributed by atoms with van der Waals surface area (Å²) < 4.78 is 29.8. The fourth-order valence-corrected chi connectivity index (χ4v) is 5.63. The second kappa shape index (κ2) is 10.8. The number of benzene rings is 1. The van der Waals surface area contributed by atoms with E-state index in [-0.39, 0.29) is 35.7 Å². The molecule has 3 atom stereocenters. The van der Waals surface area contributed by atoms with Gasteiger partial charge in [0.05, 0.1) is 23.6 Å². The van der Waals surface area contributed by atoms with Gasteiger partial charge in [-0.25, -0.2) is 13.4 Å². The van der Waals surface area contributed by atoms with Gasteiger partial charge in [0.25, 0.3) is 0 Å². The van der Waals surface area contributed by atoms with Crippen LogP contribution < -0.4 is 10.3 Å². The number of ether oxygens (including phenoxy) is 1. The van der Waals surface area contributed by atoms with Crippen LogP contribution in [0.5, 0.6) is 0 Å². The van der Waals surface area contributed by atoms with Crippen molar-refractivity contribution in [3.8, 4) is 0 Å². The van der Waals surface area contributed by atoms with Gasteiger partial charge in [0.2, 0.25) is 5.91 Å². The summed E-state index contributed by atoms with van der Waals surface area (Å²) in [6.45, 7) is 10.2. The summed E-state index contributed by atoms with van der Waals surface area (Å²) in [5.74, 6) is 0.381. The Bertz CT molecular complexity index is 1290. The van der Waals surface area contributed by atoms with Crippen LogP contribution in [-0.4, -0.2) is 74.0 Å². The number of aryl methyl sites for hydroxylation is 1. The van der Waals surface area contributed by atoms with Crippen LogP contribution in [0.1, 0.15) is 49.2 Å². The molecule has 1 amide bonds. The molecule has 200 valence electrons. The van der Waals surface area contributed by atoms with Crippen LogP contribution in [0.3, 0.4) is 0 Å². The quantitative estimate of drug-likeness (QED) is 0.584. The fraction of sp³-hybridized carbons (Fsp3) is 0.500. The maximum absolute atomic E-state index is 12.9. The zero-order chi connectivity index (χ0) is 26.9. The zero-order valence-electron chi connectivity index (χ0n) is 22.3. The Hall–Kier alpha value is -3.02. The second-order valence-corrected chi connectivity index (χ2v) is 12.1. The molecule has 37 heavy (non-hydrogen) atoms. The molecule has 0 radical (unpaired) electrons. The van der Waals surface area contributed by atoms with Crippen molar-refractivity contribution in [2.75, 3.05) is 31.3 Å².